The van der Waals surface area contributed by atoms with Crippen LogP contribution in [-0.4, -0.2) is 30.6 Å². The van der Waals surface area contributed by atoms with Gasteiger partial charge in [-0.15, -0.1) is 0 Å². The summed E-state index contributed by atoms with van der Waals surface area (Å²) in [5.74, 6) is -1.78. The van der Waals surface area contributed by atoms with E-state index in [4.69, 9.17) is 0 Å². The van der Waals surface area contributed by atoms with Crippen LogP contribution < -0.4 is 0 Å². The minimum atomic E-state index is -4.77. The highest BCUT2D eigenvalue weighted by Crippen LogP contribution is 2.17. The predicted octanol–water partition coefficient (Wildman–Crippen LogP) is 3.03. The number of rotatable bonds is 5. The Labute approximate surface area is 104 Å². The van der Waals surface area contributed by atoms with Gasteiger partial charge in [0, 0.05) is 13.6 Å². The summed E-state index contributed by atoms with van der Waals surface area (Å²) in [6.07, 6.45) is -2.63. The van der Waals surface area contributed by atoms with Crippen LogP contribution in [0.3, 0.4) is 0 Å². The molecule has 0 radical (unpaired) electrons. The maximum atomic E-state index is 12.1. The molecule has 1 amide bonds. The standard InChI is InChI=1S/C13H16F3NO/c1-17(12(18)13(14,15)16)10-6-5-9-11-7-3-2-4-8-11/h2-4,7-8H,5-6,9-10H2,1H3. The molecule has 100 valence electrons. The molecular weight excluding hydrogens is 243 g/mol. The van der Waals surface area contributed by atoms with Crippen LogP contribution in [0, 0.1) is 0 Å². The zero-order valence-corrected chi connectivity index (χ0v) is 10.2. The summed E-state index contributed by atoms with van der Waals surface area (Å²) < 4.78 is 36.2. The van der Waals surface area contributed by atoms with E-state index in [0.29, 0.717) is 6.42 Å². The Morgan fingerprint density at radius 1 is 1.17 bits per heavy atom. The molecule has 0 N–H and O–H groups in total. The molecule has 1 aromatic carbocycles. The van der Waals surface area contributed by atoms with Crippen LogP contribution in [-0.2, 0) is 11.2 Å². The second kappa shape index (κ2) is 6.42. The van der Waals surface area contributed by atoms with E-state index in [1.165, 1.54) is 7.05 Å². The number of halogens is 3. The molecule has 1 aromatic rings. The van der Waals surface area contributed by atoms with Crippen molar-refractivity contribution in [3.63, 3.8) is 0 Å². The first-order chi connectivity index (χ1) is 8.41. The van der Waals surface area contributed by atoms with Crippen molar-refractivity contribution < 1.29 is 18.0 Å². The molecule has 0 bridgehead atoms. The van der Waals surface area contributed by atoms with Crippen LogP contribution in [0.15, 0.2) is 30.3 Å². The average Bonchev–Trinajstić information content (AvgIpc) is 2.33. The fourth-order valence-electron chi connectivity index (χ4n) is 1.64. The molecule has 5 heteroatoms. The molecule has 0 saturated carbocycles. The van der Waals surface area contributed by atoms with Gasteiger partial charge in [-0.1, -0.05) is 30.3 Å². The van der Waals surface area contributed by atoms with Gasteiger partial charge in [0.2, 0.25) is 0 Å². The van der Waals surface area contributed by atoms with E-state index >= 15 is 0 Å². The van der Waals surface area contributed by atoms with Gasteiger partial charge in [0.1, 0.15) is 0 Å². The van der Waals surface area contributed by atoms with Gasteiger partial charge in [0.25, 0.3) is 0 Å². The Kier molecular flexibility index (Phi) is 5.19. The van der Waals surface area contributed by atoms with Crippen LogP contribution in [0.2, 0.25) is 0 Å². The van der Waals surface area contributed by atoms with E-state index in [2.05, 4.69) is 0 Å². The molecule has 1 rings (SSSR count). The second-order valence-corrected chi connectivity index (χ2v) is 4.17. The van der Waals surface area contributed by atoms with Crippen LogP contribution in [0.4, 0.5) is 13.2 Å². The molecule has 0 spiro atoms. The smallest absolute Gasteiger partial charge is 0.338 e. The van der Waals surface area contributed by atoms with Crippen molar-refractivity contribution in [2.45, 2.75) is 25.4 Å². The Morgan fingerprint density at radius 2 is 1.78 bits per heavy atom. The summed E-state index contributed by atoms with van der Waals surface area (Å²) in [6, 6.07) is 9.72. The number of nitrogens with zero attached hydrogens (tertiary/aromatic N) is 1. The SMILES string of the molecule is CN(CCCCc1ccccc1)C(=O)C(F)(F)F. The van der Waals surface area contributed by atoms with Crippen molar-refractivity contribution in [2.24, 2.45) is 0 Å². The number of amides is 1. The molecule has 0 heterocycles. The highest BCUT2D eigenvalue weighted by Gasteiger charge is 2.40. The second-order valence-electron chi connectivity index (χ2n) is 4.17. The minimum absolute atomic E-state index is 0.130. The van der Waals surface area contributed by atoms with Gasteiger partial charge in [-0.25, -0.2) is 0 Å². The molecule has 0 aliphatic rings. The Morgan fingerprint density at radius 3 is 2.33 bits per heavy atom. The largest absolute Gasteiger partial charge is 0.471 e. The van der Waals surface area contributed by atoms with Gasteiger partial charge in [-0.05, 0) is 24.8 Å². The van der Waals surface area contributed by atoms with E-state index in [9.17, 15) is 18.0 Å². The number of benzene rings is 1. The molecule has 0 aromatic heterocycles. The van der Waals surface area contributed by atoms with Crippen LogP contribution in [0.25, 0.3) is 0 Å². The van der Waals surface area contributed by atoms with Crippen molar-refractivity contribution in [1.29, 1.82) is 0 Å². The molecule has 2 nitrogen and oxygen atoms in total. The Balaban J connectivity index is 2.24. The topological polar surface area (TPSA) is 20.3 Å². The zero-order valence-electron chi connectivity index (χ0n) is 10.2. The summed E-state index contributed by atoms with van der Waals surface area (Å²) in [4.78, 5) is 11.6. The van der Waals surface area contributed by atoms with Crippen molar-refractivity contribution in [1.82, 2.24) is 4.90 Å². The van der Waals surface area contributed by atoms with E-state index < -0.39 is 12.1 Å². The fraction of sp³-hybridized carbons (Fsp3) is 0.462. The van der Waals surface area contributed by atoms with Crippen molar-refractivity contribution in [3.05, 3.63) is 35.9 Å². The van der Waals surface area contributed by atoms with Crippen LogP contribution in [0.1, 0.15) is 18.4 Å². The minimum Gasteiger partial charge on any atom is -0.338 e. The lowest BCUT2D eigenvalue weighted by Gasteiger charge is -2.18. The number of carbonyl (C=O) groups is 1. The first-order valence-corrected chi connectivity index (χ1v) is 5.77. The van der Waals surface area contributed by atoms with E-state index in [-0.39, 0.29) is 6.54 Å². The average molecular weight is 259 g/mol. The van der Waals surface area contributed by atoms with Gasteiger partial charge in [0.15, 0.2) is 0 Å². The highest BCUT2D eigenvalue weighted by atomic mass is 19.4. The first-order valence-electron chi connectivity index (χ1n) is 5.77. The number of carbonyl (C=O) groups excluding carboxylic acids is 1. The van der Waals surface area contributed by atoms with Gasteiger partial charge < -0.3 is 4.90 Å². The molecule has 18 heavy (non-hydrogen) atoms. The number of alkyl halides is 3. The van der Waals surface area contributed by atoms with Gasteiger partial charge in [-0.3, -0.25) is 4.79 Å². The van der Waals surface area contributed by atoms with Gasteiger partial charge >= 0.3 is 12.1 Å². The number of aryl methyl sites for hydroxylation is 1. The highest BCUT2D eigenvalue weighted by molar-refractivity contribution is 5.81. The molecule has 0 aliphatic carbocycles. The van der Waals surface area contributed by atoms with Crippen LogP contribution in [0.5, 0.6) is 0 Å². The normalized spacial score (nSPS) is 11.3. The lowest BCUT2D eigenvalue weighted by Crippen LogP contribution is -2.38. The summed E-state index contributed by atoms with van der Waals surface area (Å²) in [6.45, 7) is 0.130. The molecule has 0 fully saturated rings. The molecule has 0 saturated heterocycles. The molecule has 0 unspecified atom stereocenters. The number of hydrogen-bond acceptors (Lipinski definition) is 1. The lowest BCUT2D eigenvalue weighted by molar-refractivity contribution is -0.184. The number of hydrogen-bond donors (Lipinski definition) is 0. The van der Waals surface area contributed by atoms with Crippen molar-refractivity contribution in [2.75, 3.05) is 13.6 Å². The Bertz CT molecular complexity index is 376. The third-order valence-corrected chi connectivity index (χ3v) is 2.64. The fourth-order valence-corrected chi connectivity index (χ4v) is 1.64. The van der Waals surface area contributed by atoms with Crippen molar-refractivity contribution >= 4 is 5.91 Å². The Hall–Kier alpha value is -1.52. The van der Waals surface area contributed by atoms with E-state index in [0.717, 1.165) is 23.3 Å². The van der Waals surface area contributed by atoms with E-state index in [1.54, 1.807) is 0 Å². The molecule has 0 aliphatic heterocycles. The lowest BCUT2D eigenvalue weighted by atomic mass is 10.1. The molecule has 0 atom stereocenters. The third-order valence-electron chi connectivity index (χ3n) is 2.64. The maximum Gasteiger partial charge on any atom is 0.471 e. The summed E-state index contributed by atoms with van der Waals surface area (Å²) >= 11 is 0. The van der Waals surface area contributed by atoms with Crippen molar-refractivity contribution in [3.8, 4) is 0 Å². The maximum absolute atomic E-state index is 12.1. The zero-order chi connectivity index (χ0) is 13.6. The van der Waals surface area contributed by atoms with E-state index in [1.807, 2.05) is 30.3 Å². The summed E-state index contributed by atoms with van der Waals surface area (Å²) in [5.41, 5.74) is 1.15. The quantitative estimate of drug-likeness (QED) is 0.744. The van der Waals surface area contributed by atoms with Crippen LogP contribution >= 0.6 is 0 Å². The number of unbranched alkanes of at least 4 members (excludes halogenated alkanes) is 1. The first kappa shape index (κ1) is 14.5. The third kappa shape index (κ3) is 4.77. The summed E-state index contributed by atoms with van der Waals surface area (Å²) in [5, 5.41) is 0. The predicted molar refractivity (Wildman–Crippen MR) is 63.1 cm³/mol. The molecular formula is C13H16F3NO. The monoisotopic (exact) mass is 259 g/mol. The van der Waals surface area contributed by atoms with Gasteiger partial charge in [0.05, 0.1) is 0 Å². The van der Waals surface area contributed by atoms with Gasteiger partial charge in [-0.2, -0.15) is 13.2 Å². The summed E-state index contributed by atoms with van der Waals surface area (Å²) in [7, 11) is 1.18.